The monoisotopic (exact) mass is 458 g/mol. The van der Waals surface area contributed by atoms with Crippen LogP contribution in [0, 0.1) is 13.8 Å². The van der Waals surface area contributed by atoms with E-state index in [4.69, 9.17) is 23.2 Å². The minimum Gasteiger partial charge on any atom is -0.507 e. The number of Topliss-reactive ketones (excluding diaryl/α,β-unsaturated/α-hetero) is 1. The third-order valence-corrected chi connectivity index (χ3v) is 6.55. The molecule has 3 aromatic rings. The van der Waals surface area contributed by atoms with Gasteiger partial charge in [0.05, 0.1) is 17.3 Å². The van der Waals surface area contributed by atoms with Crippen LogP contribution >= 0.6 is 34.5 Å². The summed E-state index contributed by atoms with van der Waals surface area (Å²) in [6.45, 7) is 3.75. The number of hydrogen-bond donors (Lipinski definition) is 1. The van der Waals surface area contributed by atoms with Crippen LogP contribution in [0.4, 0.5) is 5.13 Å². The Morgan fingerprint density at radius 2 is 1.57 bits per heavy atom. The van der Waals surface area contributed by atoms with Crippen molar-refractivity contribution in [3.8, 4) is 0 Å². The fourth-order valence-electron chi connectivity index (χ4n) is 3.31. The number of amides is 1. The number of nitrogens with zero attached hydrogens (tertiary/aromatic N) is 2. The predicted octanol–water partition coefficient (Wildman–Crippen LogP) is 5.69. The zero-order chi connectivity index (χ0) is 21.6. The Kier molecular flexibility index (Phi) is 5.40. The van der Waals surface area contributed by atoms with Crippen molar-refractivity contribution in [2.24, 2.45) is 0 Å². The molecule has 0 aliphatic carbocycles. The number of ketones is 1. The summed E-state index contributed by atoms with van der Waals surface area (Å²) < 4.78 is 0. The lowest BCUT2D eigenvalue weighted by Gasteiger charge is -2.23. The third kappa shape index (κ3) is 3.51. The number of thiazole rings is 1. The molecule has 1 unspecified atom stereocenters. The minimum absolute atomic E-state index is 0.00449. The van der Waals surface area contributed by atoms with Gasteiger partial charge in [-0.3, -0.25) is 14.5 Å². The van der Waals surface area contributed by atoms with Crippen molar-refractivity contribution in [2.75, 3.05) is 4.90 Å². The molecule has 4 rings (SSSR count). The van der Waals surface area contributed by atoms with Crippen LogP contribution in [-0.2, 0) is 9.59 Å². The second-order valence-corrected chi connectivity index (χ2v) is 8.92. The average molecular weight is 459 g/mol. The van der Waals surface area contributed by atoms with Gasteiger partial charge in [0, 0.05) is 20.5 Å². The maximum atomic E-state index is 13.0. The van der Waals surface area contributed by atoms with E-state index in [0.29, 0.717) is 26.3 Å². The van der Waals surface area contributed by atoms with E-state index >= 15 is 0 Å². The normalized spacial score (nSPS) is 18.3. The van der Waals surface area contributed by atoms with Crippen LogP contribution in [0.25, 0.3) is 5.76 Å². The number of aliphatic hydroxyl groups is 1. The molecule has 2 heterocycles. The molecular formula is C22H16Cl2N2O3S. The van der Waals surface area contributed by atoms with Crippen molar-refractivity contribution in [2.45, 2.75) is 19.9 Å². The van der Waals surface area contributed by atoms with Gasteiger partial charge < -0.3 is 5.11 Å². The lowest BCUT2D eigenvalue weighted by Crippen LogP contribution is -2.29. The maximum absolute atomic E-state index is 13.0. The number of hydrogen-bond acceptors (Lipinski definition) is 5. The van der Waals surface area contributed by atoms with Gasteiger partial charge in [-0.1, -0.05) is 35.3 Å². The van der Waals surface area contributed by atoms with E-state index in [-0.39, 0.29) is 11.3 Å². The number of halogens is 2. The number of benzene rings is 2. The molecule has 1 atom stereocenters. The molecule has 1 aromatic heterocycles. The first-order valence-electron chi connectivity index (χ1n) is 9.04. The second kappa shape index (κ2) is 7.87. The molecule has 152 valence electrons. The summed E-state index contributed by atoms with van der Waals surface area (Å²) in [7, 11) is 0. The van der Waals surface area contributed by atoms with Crippen LogP contribution < -0.4 is 4.90 Å². The van der Waals surface area contributed by atoms with Gasteiger partial charge >= 0.3 is 5.91 Å². The van der Waals surface area contributed by atoms with Gasteiger partial charge in [-0.2, -0.15) is 0 Å². The van der Waals surface area contributed by atoms with Crippen LogP contribution in [0.1, 0.15) is 27.7 Å². The summed E-state index contributed by atoms with van der Waals surface area (Å²) in [6.07, 6.45) is 0. The Bertz CT molecular complexity index is 1160. The molecule has 0 bridgehead atoms. The first-order chi connectivity index (χ1) is 14.3. The average Bonchev–Trinajstić information content (AvgIpc) is 3.18. The summed E-state index contributed by atoms with van der Waals surface area (Å²) in [5.74, 6) is -1.77. The molecule has 1 aliphatic rings. The van der Waals surface area contributed by atoms with Crippen LogP contribution in [0.5, 0.6) is 0 Å². The van der Waals surface area contributed by atoms with Gasteiger partial charge in [0.2, 0.25) is 0 Å². The Morgan fingerprint density at radius 3 is 2.10 bits per heavy atom. The quantitative estimate of drug-likeness (QED) is 0.310. The standard InChI is InChI=1S/C22H16Cl2N2O3S/c1-11-12(2)30-22(25-11)26-18(13-3-7-15(23)8-4-13)17(20(28)21(26)29)19(27)14-5-9-16(24)10-6-14/h3-10,18,27H,1-2H3. The van der Waals surface area contributed by atoms with Gasteiger partial charge in [-0.25, -0.2) is 4.98 Å². The first-order valence-corrected chi connectivity index (χ1v) is 10.6. The van der Waals surface area contributed by atoms with Crippen LogP contribution in [0.3, 0.4) is 0 Å². The van der Waals surface area contributed by atoms with Gasteiger partial charge in [0.1, 0.15) is 5.76 Å². The second-order valence-electron chi connectivity index (χ2n) is 6.87. The van der Waals surface area contributed by atoms with E-state index in [2.05, 4.69) is 4.98 Å². The van der Waals surface area contributed by atoms with E-state index in [9.17, 15) is 14.7 Å². The molecule has 1 saturated heterocycles. The molecule has 0 radical (unpaired) electrons. The maximum Gasteiger partial charge on any atom is 0.301 e. The molecule has 1 N–H and O–H groups in total. The molecular weight excluding hydrogens is 443 g/mol. The highest BCUT2D eigenvalue weighted by atomic mass is 35.5. The summed E-state index contributed by atoms with van der Waals surface area (Å²) in [4.78, 5) is 32.8. The molecule has 2 aromatic carbocycles. The summed E-state index contributed by atoms with van der Waals surface area (Å²) in [5.41, 5.74) is 1.81. The van der Waals surface area contributed by atoms with E-state index in [0.717, 1.165) is 10.6 Å². The van der Waals surface area contributed by atoms with E-state index < -0.39 is 17.7 Å². The smallest absolute Gasteiger partial charge is 0.301 e. The number of aliphatic hydroxyl groups excluding tert-OH is 1. The summed E-state index contributed by atoms with van der Waals surface area (Å²) >= 11 is 13.3. The molecule has 30 heavy (non-hydrogen) atoms. The highest BCUT2D eigenvalue weighted by Gasteiger charge is 2.48. The van der Waals surface area contributed by atoms with Crippen molar-refractivity contribution in [3.05, 3.63) is 85.8 Å². The zero-order valence-corrected chi connectivity index (χ0v) is 18.3. The fraction of sp³-hybridized carbons (Fsp3) is 0.136. The largest absolute Gasteiger partial charge is 0.507 e. The van der Waals surface area contributed by atoms with E-state index in [1.165, 1.54) is 16.2 Å². The third-order valence-electron chi connectivity index (χ3n) is 4.97. The predicted molar refractivity (Wildman–Crippen MR) is 119 cm³/mol. The topological polar surface area (TPSA) is 70.5 Å². The van der Waals surface area contributed by atoms with Gasteiger partial charge in [0.25, 0.3) is 5.78 Å². The first kappa shape index (κ1) is 20.6. The Balaban J connectivity index is 1.94. The molecule has 0 spiro atoms. The number of anilines is 1. The summed E-state index contributed by atoms with van der Waals surface area (Å²) in [5, 5.41) is 12.4. The van der Waals surface area contributed by atoms with E-state index in [1.807, 2.05) is 13.8 Å². The zero-order valence-electron chi connectivity index (χ0n) is 16.0. The minimum atomic E-state index is -0.831. The highest BCUT2D eigenvalue weighted by Crippen LogP contribution is 2.43. The molecule has 1 fully saturated rings. The van der Waals surface area contributed by atoms with Crippen molar-refractivity contribution in [1.29, 1.82) is 0 Å². The molecule has 1 aliphatic heterocycles. The van der Waals surface area contributed by atoms with Gasteiger partial charge in [0.15, 0.2) is 5.13 Å². The van der Waals surface area contributed by atoms with Crippen molar-refractivity contribution in [3.63, 3.8) is 0 Å². The number of carbonyl (C=O) groups excluding carboxylic acids is 2. The van der Waals surface area contributed by atoms with E-state index in [1.54, 1.807) is 48.5 Å². The number of aromatic nitrogens is 1. The number of rotatable bonds is 3. The van der Waals surface area contributed by atoms with Crippen LogP contribution in [0.2, 0.25) is 10.0 Å². The van der Waals surface area contributed by atoms with Crippen molar-refractivity contribution < 1.29 is 14.7 Å². The Morgan fingerprint density at radius 1 is 1.00 bits per heavy atom. The van der Waals surface area contributed by atoms with Crippen molar-refractivity contribution >= 4 is 57.1 Å². The SMILES string of the molecule is Cc1nc(N2C(=O)C(=O)C(=C(O)c3ccc(Cl)cc3)C2c2ccc(Cl)cc2)sc1C. The highest BCUT2D eigenvalue weighted by molar-refractivity contribution is 7.16. The lowest BCUT2D eigenvalue weighted by atomic mass is 9.95. The van der Waals surface area contributed by atoms with Crippen molar-refractivity contribution in [1.82, 2.24) is 4.98 Å². The molecule has 1 amide bonds. The molecule has 0 saturated carbocycles. The number of carbonyl (C=O) groups is 2. The molecule has 8 heteroatoms. The number of aryl methyl sites for hydroxylation is 2. The van der Waals surface area contributed by atoms with Crippen LogP contribution in [0.15, 0.2) is 54.1 Å². The van der Waals surface area contributed by atoms with Gasteiger partial charge in [-0.15, -0.1) is 11.3 Å². The van der Waals surface area contributed by atoms with Crippen LogP contribution in [-0.4, -0.2) is 21.8 Å². The van der Waals surface area contributed by atoms with Gasteiger partial charge in [-0.05, 0) is 55.8 Å². The Labute approximate surface area is 187 Å². The Hall–Kier alpha value is -2.67. The fourth-order valence-corrected chi connectivity index (χ4v) is 4.50. The molecule has 5 nitrogen and oxygen atoms in total. The lowest BCUT2D eigenvalue weighted by molar-refractivity contribution is -0.132. The summed E-state index contributed by atoms with van der Waals surface area (Å²) in [6, 6.07) is 12.4.